The van der Waals surface area contributed by atoms with Crippen molar-refractivity contribution in [2.24, 2.45) is 5.92 Å². The predicted octanol–water partition coefficient (Wildman–Crippen LogP) is 2.17. The van der Waals surface area contributed by atoms with Crippen LogP contribution in [0.4, 0.5) is 5.69 Å². The number of nitrogens with zero attached hydrogens (tertiary/aromatic N) is 1. The maximum absolute atomic E-state index is 12.1. The number of benzene rings is 1. The van der Waals surface area contributed by atoms with E-state index in [9.17, 15) is 13.2 Å². The zero-order valence-corrected chi connectivity index (χ0v) is 14.2. The molecule has 0 saturated carbocycles. The minimum absolute atomic E-state index is 0.0932. The molecule has 1 aromatic rings. The number of carbonyl (C=O) groups excluding carboxylic acids is 1. The molecule has 0 saturated heterocycles. The molecule has 122 valence electrons. The molecule has 1 aliphatic heterocycles. The molecule has 2 rings (SSSR count). The SMILES string of the molecule is CC(C)CCCNC(=O)c1ccc2c(c1)CCN2S(C)(=O)=O. The second kappa shape index (κ2) is 6.69. The number of fused-ring (bicyclic) bond motifs is 1. The lowest BCUT2D eigenvalue weighted by Crippen LogP contribution is -2.27. The molecule has 1 aromatic carbocycles. The highest BCUT2D eigenvalue weighted by Gasteiger charge is 2.26. The standard InChI is InChI=1S/C16H24N2O3S/c1-12(2)5-4-9-17-16(19)14-6-7-15-13(11-14)8-10-18(15)22(3,20)21/h6-7,11-12H,4-5,8-10H2,1-3H3,(H,17,19). The lowest BCUT2D eigenvalue weighted by Gasteiger charge is -2.16. The van der Waals surface area contributed by atoms with Crippen molar-refractivity contribution in [1.82, 2.24) is 5.32 Å². The van der Waals surface area contributed by atoms with E-state index in [1.54, 1.807) is 18.2 Å². The zero-order chi connectivity index (χ0) is 16.3. The molecule has 0 radical (unpaired) electrons. The van der Waals surface area contributed by atoms with Crippen molar-refractivity contribution in [2.45, 2.75) is 33.1 Å². The first-order chi connectivity index (χ1) is 10.3. The first kappa shape index (κ1) is 16.8. The third-order valence-corrected chi connectivity index (χ3v) is 5.02. The summed E-state index contributed by atoms with van der Waals surface area (Å²) >= 11 is 0. The van der Waals surface area contributed by atoms with Gasteiger partial charge in [0.2, 0.25) is 10.0 Å². The Morgan fingerprint density at radius 1 is 1.36 bits per heavy atom. The second-order valence-corrected chi connectivity index (χ2v) is 8.13. The van der Waals surface area contributed by atoms with E-state index in [0.29, 0.717) is 36.7 Å². The van der Waals surface area contributed by atoms with Crippen molar-refractivity contribution >= 4 is 21.6 Å². The van der Waals surface area contributed by atoms with Crippen LogP contribution >= 0.6 is 0 Å². The average molecular weight is 324 g/mol. The zero-order valence-electron chi connectivity index (χ0n) is 13.4. The number of sulfonamides is 1. The lowest BCUT2D eigenvalue weighted by molar-refractivity contribution is 0.0952. The number of anilines is 1. The Morgan fingerprint density at radius 2 is 2.09 bits per heavy atom. The summed E-state index contributed by atoms with van der Waals surface area (Å²) in [5.41, 5.74) is 2.21. The summed E-state index contributed by atoms with van der Waals surface area (Å²) in [7, 11) is -3.24. The van der Waals surface area contributed by atoms with Gasteiger partial charge in [0.25, 0.3) is 5.91 Å². The Morgan fingerprint density at radius 3 is 2.73 bits per heavy atom. The van der Waals surface area contributed by atoms with Crippen molar-refractivity contribution in [1.29, 1.82) is 0 Å². The molecule has 0 unspecified atom stereocenters. The van der Waals surface area contributed by atoms with Gasteiger partial charge in [-0.1, -0.05) is 13.8 Å². The highest BCUT2D eigenvalue weighted by Crippen LogP contribution is 2.30. The average Bonchev–Trinajstić information content (AvgIpc) is 2.85. The highest BCUT2D eigenvalue weighted by atomic mass is 32.2. The van der Waals surface area contributed by atoms with Crippen LogP contribution in [0.3, 0.4) is 0 Å². The van der Waals surface area contributed by atoms with Gasteiger partial charge in [0.1, 0.15) is 0 Å². The van der Waals surface area contributed by atoms with Crippen molar-refractivity contribution < 1.29 is 13.2 Å². The van der Waals surface area contributed by atoms with Gasteiger partial charge in [-0.05, 0) is 48.9 Å². The van der Waals surface area contributed by atoms with Crippen molar-refractivity contribution in [2.75, 3.05) is 23.7 Å². The lowest BCUT2D eigenvalue weighted by atomic mass is 10.1. The molecule has 0 atom stereocenters. The minimum Gasteiger partial charge on any atom is -0.352 e. The third-order valence-electron chi connectivity index (χ3n) is 3.84. The van der Waals surface area contributed by atoms with E-state index in [0.717, 1.165) is 18.4 Å². The number of amides is 1. The first-order valence-electron chi connectivity index (χ1n) is 7.68. The molecule has 0 spiro atoms. The van der Waals surface area contributed by atoms with E-state index >= 15 is 0 Å². The fourth-order valence-corrected chi connectivity index (χ4v) is 3.63. The van der Waals surface area contributed by atoms with E-state index in [1.807, 2.05) is 0 Å². The predicted molar refractivity (Wildman–Crippen MR) is 88.7 cm³/mol. The molecule has 0 fully saturated rings. The second-order valence-electron chi connectivity index (χ2n) is 6.22. The molecule has 0 bridgehead atoms. The fraction of sp³-hybridized carbons (Fsp3) is 0.562. The molecule has 0 aromatic heterocycles. The monoisotopic (exact) mass is 324 g/mol. The molecular weight excluding hydrogens is 300 g/mol. The summed E-state index contributed by atoms with van der Waals surface area (Å²) in [4.78, 5) is 12.1. The van der Waals surface area contributed by atoms with Crippen LogP contribution in [0.5, 0.6) is 0 Å². The summed E-state index contributed by atoms with van der Waals surface area (Å²) in [5.74, 6) is 0.545. The van der Waals surface area contributed by atoms with Crippen LogP contribution in [0.1, 0.15) is 42.6 Å². The summed E-state index contributed by atoms with van der Waals surface area (Å²) < 4.78 is 24.8. The summed E-state index contributed by atoms with van der Waals surface area (Å²) in [6.07, 6.45) is 3.91. The Balaban J connectivity index is 2.02. The van der Waals surface area contributed by atoms with Crippen LogP contribution in [-0.2, 0) is 16.4 Å². The summed E-state index contributed by atoms with van der Waals surface area (Å²) in [6.45, 7) is 5.45. The molecule has 22 heavy (non-hydrogen) atoms. The smallest absolute Gasteiger partial charge is 0.251 e. The topological polar surface area (TPSA) is 66.5 Å². The van der Waals surface area contributed by atoms with Gasteiger partial charge in [-0.3, -0.25) is 9.10 Å². The van der Waals surface area contributed by atoms with Crippen LogP contribution in [0.15, 0.2) is 18.2 Å². The number of nitrogens with one attached hydrogen (secondary N) is 1. The minimum atomic E-state index is -3.24. The molecule has 1 aliphatic rings. The number of hydrogen-bond acceptors (Lipinski definition) is 3. The first-order valence-corrected chi connectivity index (χ1v) is 9.52. The molecular formula is C16H24N2O3S. The molecule has 1 N–H and O–H groups in total. The van der Waals surface area contributed by atoms with E-state index in [2.05, 4.69) is 19.2 Å². The quantitative estimate of drug-likeness (QED) is 0.816. The highest BCUT2D eigenvalue weighted by molar-refractivity contribution is 7.92. The van der Waals surface area contributed by atoms with Crippen molar-refractivity contribution in [3.63, 3.8) is 0 Å². The maximum atomic E-state index is 12.1. The third kappa shape index (κ3) is 4.00. The summed E-state index contributed by atoms with van der Waals surface area (Å²) in [6, 6.07) is 5.23. The van der Waals surface area contributed by atoms with Gasteiger partial charge in [-0.15, -0.1) is 0 Å². The largest absolute Gasteiger partial charge is 0.352 e. The summed E-state index contributed by atoms with van der Waals surface area (Å²) in [5, 5.41) is 2.92. The van der Waals surface area contributed by atoms with Gasteiger partial charge in [-0.2, -0.15) is 0 Å². The van der Waals surface area contributed by atoms with Gasteiger partial charge < -0.3 is 5.32 Å². The van der Waals surface area contributed by atoms with Crippen molar-refractivity contribution in [3.8, 4) is 0 Å². The van der Waals surface area contributed by atoms with E-state index < -0.39 is 10.0 Å². The van der Waals surface area contributed by atoms with Gasteiger partial charge >= 0.3 is 0 Å². The molecule has 6 heteroatoms. The molecule has 5 nitrogen and oxygen atoms in total. The molecule has 0 aliphatic carbocycles. The fourth-order valence-electron chi connectivity index (χ4n) is 2.67. The number of carbonyl (C=O) groups is 1. The van der Waals surface area contributed by atoms with Crippen LogP contribution in [0.2, 0.25) is 0 Å². The van der Waals surface area contributed by atoms with Gasteiger partial charge in [0.05, 0.1) is 11.9 Å². The Kier molecular flexibility index (Phi) is 5.11. The van der Waals surface area contributed by atoms with E-state index in [1.165, 1.54) is 10.6 Å². The Hall–Kier alpha value is -1.56. The molecule has 1 heterocycles. The van der Waals surface area contributed by atoms with Gasteiger partial charge in [-0.25, -0.2) is 8.42 Å². The van der Waals surface area contributed by atoms with Crippen LogP contribution in [-0.4, -0.2) is 33.7 Å². The van der Waals surface area contributed by atoms with Crippen molar-refractivity contribution in [3.05, 3.63) is 29.3 Å². The van der Waals surface area contributed by atoms with Gasteiger partial charge in [0, 0.05) is 18.7 Å². The van der Waals surface area contributed by atoms with Gasteiger partial charge in [0.15, 0.2) is 0 Å². The van der Waals surface area contributed by atoms with Crippen LogP contribution in [0, 0.1) is 5.92 Å². The number of rotatable bonds is 6. The van der Waals surface area contributed by atoms with Crippen LogP contribution < -0.4 is 9.62 Å². The number of hydrogen-bond donors (Lipinski definition) is 1. The maximum Gasteiger partial charge on any atom is 0.251 e. The molecule has 1 amide bonds. The Bertz CT molecular complexity index is 653. The Labute approximate surface area is 132 Å². The van der Waals surface area contributed by atoms with E-state index in [4.69, 9.17) is 0 Å². The van der Waals surface area contributed by atoms with E-state index in [-0.39, 0.29) is 5.91 Å². The normalized spacial score (nSPS) is 14.3. The van der Waals surface area contributed by atoms with Crippen LogP contribution in [0.25, 0.3) is 0 Å².